The highest BCUT2D eigenvalue weighted by Gasteiger charge is 1.99. The SMILES string of the molecule is CSc1ncc(C)c(CN)n1. The summed E-state index contributed by atoms with van der Waals surface area (Å²) in [5, 5.41) is 0.788. The molecule has 0 spiro atoms. The summed E-state index contributed by atoms with van der Waals surface area (Å²) in [5.41, 5.74) is 7.47. The van der Waals surface area contributed by atoms with Crippen molar-refractivity contribution >= 4 is 11.8 Å². The van der Waals surface area contributed by atoms with Crippen molar-refractivity contribution in [1.29, 1.82) is 0 Å². The Kier molecular flexibility index (Phi) is 2.84. The molecule has 0 aliphatic heterocycles. The van der Waals surface area contributed by atoms with E-state index in [0.717, 1.165) is 16.4 Å². The summed E-state index contributed by atoms with van der Waals surface area (Å²) in [5.74, 6) is 0. The van der Waals surface area contributed by atoms with Crippen LogP contribution in [-0.4, -0.2) is 16.2 Å². The minimum Gasteiger partial charge on any atom is -0.325 e. The molecule has 11 heavy (non-hydrogen) atoms. The second kappa shape index (κ2) is 3.69. The van der Waals surface area contributed by atoms with Crippen molar-refractivity contribution < 1.29 is 0 Å². The molecule has 1 heterocycles. The van der Waals surface area contributed by atoms with Gasteiger partial charge in [0.1, 0.15) is 0 Å². The van der Waals surface area contributed by atoms with Crippen LogP contribution in [0.3, 0.4) is 0 Å². The lowest BCUT2D eigenvalue weighted by Gasteiger charge is -2.01. The van der Waals surface area contributed by atoms with Gasteiger partial charge in [0, 0.05) is 12.7 Å². The lowest BCUT2D eigenvalue weighted by Crippen LogP contribution is -2.04. The summed E-state index contributed by atoms with van der Waals surface area (Å²) < 4.78 is 0. The Hall–Kier alpha value is -0.610. The number of nitrogens with zero attached hydrogens (tertiary/aromatic N) is 2. The molecule has 3 nitrogen and oxygen atoms in total. The minimum atomic E-state index is 0.488. The smallest absolute Gasteiger partial charge is 0.187 e. The van der Waals surface area contributed by atoms with Gasteiger partial charge in [0.15, 0.2) is 5.16 Å². The summed E-state index contributed by atoms with van der Waals surface area (Å²) in [6, 6.07) is 0. The Morgan fingerprint density at radius 2 is 2.36 bits per heavy atom. The summed E-state index contributed by atoms with van der Waals surface area (Å²) in [4.78, 5) is 8.34. The number of aryl methyl sites for hydroxylation is 1. The van der Waals surface area contributed by atoms with Gasteiger partial charge in [-0.25, -0.2) is 9.97 Å². The molecular formula is C7H11N3S. The van der Waals surface area contributed by atoms with E-state index in [-0.39, 0.29) is 0 Å². The molecule has 1 rings (SSSR count). The van der Waals surface area contributed by atoms with Crippen LogP contribution in [0.2, 0.25) is 0 Å². The molecule has 0 aliphatic carbocycles. The first-order valence-corrected chi connectivity index (χ1v) is 4.57. The van der Waals surface area contributed by atoms with E-state index in [1.54, 1.807) is 6.20 Å². The highest BCUT2D eigenvalue weighted by atomic mass is 32.2. The van der Waals surface area contributed by atoms with Crippen molar-refractivity contribution in [1.82, 2.24) is 9.97 Å². The Morgan fingerprint density at radius 1 is 1.64 bits per heavy atom. The van der Waals surface area contributed by atoms with Crippen LogP contribution in [0.25, 0.3) is 0 Å². The molecule has 2 N–H and O–H groups in total. The maximum atomic E-state index is 5.47. The number of nitrogens with two attached hydrogens (primary N) is 1. The van der Waals surface area contributed by atoms with Crippen molar-refractivity contribution in [2.45, 2.75) is 18.6 Å². The zero-order chi connectivity index (χ0) is 8.27. The van der Waals surface area contributed by atoms with Crippen molar-refractivity contribution in [3.63, 3.8) is 0 Å². The van der Waals surface area contributed by atoms with E-state index < -0.39 is 0 Å². The molecule has 0 radical (unpaired) electrons. The van der Waals surface area contributed by atoms with Crippen LogP contribution in [0.15, 0.2) is 11.4 Å². The predicted octanol–water partition coefficient (Wildman–Crippen LogP) is 0.966. The summed E-state index contributed by atoms with van der Waals surface area (Å²) in [6.07, 6.45) is 3.76. The van der Waals surface area contributed by atoms with E-state index in [0.29, 0.717) is 6.54 Å². The third kappa shape index (κ3) is 1.91. The van der Waals surface area contributed by atoms with Crippen molar-refractivity contribution in [2.24, 2.45) is 5.73 Å². The Morgan fingerprint density at radius 3 is 2.91 bits per heavy atom. The van der Waals surface area contributed by atoms with Gasteiger partial charge < -0.3 is 5.73 Å². The van der Waals surface area contributed by atoms with Crippen molar-refractivity contribution in [3.8, 4) is 0 Å². The van der Waals surface area contributed by atoms with Gasteiger partial charge in [-0.15, -0.1) is 0 Å². The molecular weight excluding hydrogens is 158 g/mol. The molecule has 0 unspecified atom stereocenters. The van der Waals surface area contributed by atoms with E-state index in [1.807, 2.05) is 13.2 Å². The Bertz CT molecular complexity index is 249. The van der Waals surface area contributed by atoms with E-state index in [2.05, 4.69) is 9.97 Å². The van der Waals surface area contributed by atoms with Gasteiger partial charge in [0.05, 0.1) is 5.69 Å². The first-order valence-electron chi connectivity index (χ1n) is 3.34. The standard InChI is InChI=1S/C7H11N3S/c1-5-4-9-7(11-2)10-6(5)3-8/h4H,3,8H2,1-2H3. The molecule has 0 amide bonds. The molecule has 0 aromatic carbocycles. The maximum Gasteiger partial charge on any atom is 0.187 e. The average molecular weight is 169 g/mol. The molecule has 1 aromatic heterocycles. The molecule has 0 saturated carbocycles. The van der Waals surface area contributed by atoms with Gasteiger partial charge in [-0.1, -0.05) is 11.8 Å². The molecule has 0 aliphatic rings. The number of hydrogen-bond acceptors (Lipinski definition) is 4. The van der Waals surface area contributed by atoms with Crippen LogP contribution in [0.5, 0.6) is 0 Å². The van der Waals surface area contributed by atoms with Gasteiger partial charge >= 0.3 is 0 Å². The number of aromatic nitrogens is 2. The zero-order valence-corrected chi connectivity index (χ0v) is 7.48. The van der Waals surface area contributed by atoms with Gasteiger partial charge in [-0.3, -0.25) is 0 Å². The molecule has 0 bridgehead atoms. The fourth-order valence-corrected chi connectivity index (χ4v) is 1.12. The average Bonchev–Trinajstić information content (AvgIpc) is 2.05. The van der Waals surface area contributed by atoms with Gasteiger partial charge in [-0.2, -0.15) is 0 Å². The van der Waals surface area contributed by atoms with Crippen molar-refractivity contribution in [2.75, 3.05) is 6.26 Å². The normalized spacial score (nSPS) is 10.1. The number of hydrogen-bond donors (Lipinski definition) is 1. The first kappa shape index (κ1) is 8.49. The topological polar surface area (TPSA) is 51.8 Å². The first-order chi connectivity index (χ1) is 5.27. The zero-order valence-electron chi connectivity index (χ0n) is 6.66. The molecule has 0 fully saturated rings. The van der Waals surface area contributed by atoms with E-state index in [4.69, 9.17) is 5.73 Å². The van der Waals surface area contributed by atoms with E-state index in [9.17, 15) is 0 Å². The third-order valence-electron chi connectivity index (χ3n) is 1.43. The van der Waals surface area contributed by atoms with Gasteiger partial charge in [-0.05, 0) is 18.7 Å². The monoisotopic (exact) mass is 169 g/mol. The maximum absolute atomic E-state index is 5.47. The molecule has 4 heteroatoms. The predicted molar refractivity (Wildman–Crippen MR) is 46.4 cm³/mol. The summed E-state index contributed by atoms with van der Waals surface area (Å²) in [7, 11) is 0. The second-order valence-corrected chi connectivity index (χ2v) is 2.96. The van der Waals surface area contributed by atoms with Gasteiger partial charge in [0.2, 0.25) is 0 Å². The quantitative estimate of drug-likeness (QED) is 0.529. The van der Waals surface area contributed by atoms with Crippen LogP contribution < -0.4 is 5.73 Å². The fraction of sp³-hybridized carbons (Fsp3) is 0.429. The number of rotatable bonds is 2. The highest BCUT2D eigenvalue weighted by molar-refractivity contribution is 7.98. The van der Waals surface area contributed by atoms with E-state index in [1.165, 1.54) is 11.8 Å². The molecule has 1 aromatic rings. The Labute approximate surface area is 70.4 Å². The molecule has 60 valence electrons. The Balaban J connectivity index is 3.02. The van der Waals surface area contributed by atoms with E-state index >= 15 is 0 Å². The largest absolute Gasteiger partial charge is 0.325 e. The molecule has 0 atom stereocenters. The van der Waals surface area contributed by atoms with Crippen LogP contribution >= 0.6 is 11.8 Å². The van der Waals surface area contributed by atoms with Crippen LogP contribution in [0, 0.1) is 6.92 Å². The van der Waals surface area contributed by atoms with Crippen molar-refractivity contribution in [3.05, 3.63) is 17.5 Å². The van der Waals surface area contributed by atoms with Crippen LogP contribution in [-0.2, 0) is 6.54 Å². The lowest BCUT2D eigenvalue weighted by atomic mass is 10.2. The lowest BCUT2D eigenvalue weighted by molar-refractivity contribution is 0.857. The van der Waals surface area contributed by atoms with Gasteiger partial charge in [0.25, 0.3) is 0 Å². The second-order valence-electron chi connectivity index (χ2n) is 2.19. The van der Waals surface area contributed by atoms with Crippen LogP contribution in [0.1, 0.15) is 11.3 Å². The minimum absolute atomic E-state index is 0.488. The van der Waals surface area contributed by atoms with Crippen LogP contribution in [0.4, 0.5) is 0 Å². The number of thioether (sulfide) groups is 1. The molecule has 0 saturated heterocycles. The highest BCUT2D eigenvalue weighted by Crippen LogP contribution is 2.10. The summed E-state index contributed by atoms with van der Waals surface area (Å²) >= 11 is 1.53. The summed E-state index contributed by atoms with van der Waals surface area (Å²) in [6.45, 7) is 2.45. The fourth-order valence-electron chi connectivity index (χ4n) is 0.764. The third-order valence-corrected chi connectivity index (χ3v) is 1.99.